The highest BCUT2D eigenvalue weighted by atomic mass is 32.2. The molecule has 0 spiro atoms. The average Bonchev–Trinajstić information content (AvgIpc) is 2.47. The molecule has 4 nitrogen and oxygen atoms in total. The van der Waals surface area contributed by atoms with Gasteiger partial charge in [-0.1, -0.05) is 32.8 Å². The largest absolute Gasteiger partial charge is 0.240 e. The summed E-state index contributed by atoms with van der Waals surface area (Å²) in [4.78, 5) is 0.176. The third-order valence-corrected chi connectivity index (χ3v) is 5.74. The molecule has 2 rings (SSSR count). The minimum absolute atomic E-state index is 0.00510. The van der Waals surface area contributed by atoms with Crippen molar-refractivity contribution < 1.29 is 8.42 Å². The fourth-order valence-electron chi connectivity index (χ4n) is 3.10. The van der Waals surface area contributed by atoms with E-state index in [1.54, 1.807) is 12.1 Å². The van der Waals surface area contributed by atoms with Crippen LogP contribution in [0.3, 0.4) is 0 Å². The van der Waals surface area contributed by atoms with Gasteiger partial charge in [-0.2, -0.15) is 5.26 Å². The lowest BCUT2D eigenvalue weighted by Crippen LogP contribution is -2.43. The van der Waals surface area contributed by atoms with Gasteiger partial charge in [0.1, 0.15) is 0 Å². The van der Waals surface area contributed by atoms with E-state index in [9.17, 15) is 8.42 Å². The first kappa shape index (κ1) is 16.0. The van der Waals surface area contributed by atoms with Gasteiger partial charge in [-0.3, -0.25) is 0 Å². The molecule has 0 amide bonds. The molecule has 2 unspecified atom stereocenters. The summed E-state index contributed by atoms with van der Waals surface area (Å²) in [5.74, 6) is 0.844. The summed E-state index contributed by atoms with van der Waals surface area (Å²) in [5, 5.41) is 8.90. The van der Waals surface area contributed by atoms with E-state index in [1.165, 1.54) is 18.6 Å². The lowest BCUT2D eigenvalue weighted by molar-refractivity contribution is 0.226. The van der Waals surface area contributed by atoms with Crippen molar-refractivity contribution >= 4 is 10.0 Å². The molecule has 0 aromatic heterocycles. The van der Waals surface area contributed by atoms with Crippen molar-refractivity contribution in [3.8, 4) is 6.07 Å². The van der Waals surface area contributed by atoms with E-state index in [0.717, 1.165) is 19.3 Å². The van der Waals surface area contributed by atoms with E-state index in [-0.39, 0.29) is 10.9 Å². The summed E-state index contributed by atoms with van der Waals surface area (Å²) >= 11 is 0. The summed E-state index contributed by atoms with van der Waals surface area (Å²) in [6, 6.07) is 8.15. The van der Waals surface area contributed by atoms with Crippen LogP contribution in [0.1, 0.15) is 45.1 Å². The molecule has 1 fully saturated rings. The van der Waals surface area contributed by atoms with Crippen molar-refractivity contribution in [1.82, 2.24) is 4.72 Å². The number of nitrogens with zero attached hydrogens (tertiary/aromatic N) is 1. The fraction of sp³-hybridized carbons (Fsp3) is 0.562. The highest BCUT2D eigenvalue weighted by Gasteiger charge is 2.31. The average molecular weight is 306 g/mol. The Kier molecular flexibility index (Phi) is 5.02. The normalized spacial score (nSPS) is 23.0. The van der Waals surface area contributed by atoms with Gasteiger partial charge in [-0.15, -0.1) is 0 Å². The molecule has 0 aliphatic heterocycles. The van der Waals surface area contributed by atoms with E-state index in [1.807, 2.05) is 6.07 Å². The maximum absolute atomic E-state index is 12.5. The van der Waals surface area contributed by atoms with Gasteiger partial charge in [0, 0.05) is 6.04 Å². The topological polar surface area (TPSA) is 70.0 Å². The maximum Gasteiger partial charge on any atom is 0.240 e. The van der Waals surface area contributed by atoms with Gasteiger partial charge in [0.05, 0.1) is 16.5 Å². The fourth-order valence-corrected chi connectivity index (χ4v) is 4.47. The number of rotatable bonds is 4. The minimum Gasteiger partial charge on any atom is -0.208 e. The number of benzene rings is 1. The molecule has 21 heavy (non-hydrogen) atoms. The lowest BCUT2D eigenvalue weighted by atomic mass is 9.78. The summed E-state index contributed by atoms with van der Waals surface area (Å²) in [7, 11) is -3.56. The molecule has 0 saturated heterocycles. The third-order valence-electron chi connectivity index (χ3n) is 4.26. The first-order valence-electron chi connectivity index (χ1n) is 7.46. The van der Waals surface area contributed by atoms with Crippen molar-refractivity contribution in [2.24, 2.45) is 11.8 Å². The zero-order valence-corrected chi connectivity index (χ0v) is 13.4. The monoisotopic (exact) mass is 306 g/mol. The molecule has 0 bridgehead atoms. The second-order valence-electron chi connectivity index (χ2n) is 6.06. The first-order chi connectivity index (χ1) is 9.94. The number of sulfonamides is 1. The quantitative estimate of drug-likeness (QED) is 0.929. The van der Waals surface area contributed by atoms with Crippen LogP contribution in [0.4, 0.5) is 0 Å². The molecule has 5 heteroatoms. The van der Waals surface area contributed by atoms with Gasteiger partial charge in [0.15, 0.2) is 0 Å². The van der Waals surface area contributed by atoms with Crippen LogP contribution < -0.4 is 4.72 Å². The predicted octanol–water partition coefficient (Wildman–Crippen LogP) is 3.05. The Bertz CT molecular complexity index is 632. The van der Waals surface area contributed by atoms with Crippen molar-refractivity contribution in [1.29, 1.82) is 5.26 Å². The third kappa shape index (κ3) is 3.84. The standard InChI is InChI=1S/C16H22N2O2S/c1-12(2)15-8-3-4-9-16(15)18-21(19,20)14-7-5-6-13(10-14)11-17/h5-7,10,12,15-16,18H,3-4,8-9H2,1-2H3. The molecule has 1 saturated carbocycles. The van der Waals surface area contributed by atoms with Gasteiger partial charge in [0.2, 0.25) is 10.0 Å². The van der Waals surface area contributed by atoms with E-state index in [4.69, 9.17) is 5.26 Å². The number of nitrogens with one attached hydrogen (secondary N) is 1. The Morgan fingerprint density at radius 1 is 1.29 bits per heavy atom. The van der Waals surface area contributed by atoms with Crippen LogP contribution >= 0.6 is 0 Å². The maximum atomic E-state index is 12.5. The van der Waals surface area contributed by atoms with Gasteiger partial charge in [0.25, 0.3) is 0 Å². The van der Waals surface area contributed by atoms with Crippen LogP contribution in [0, 0.1) is 23.2 Å². The van der Waals surface area contributed by atoms with Crippen molar-refractivity contribution in [2.45, 2.75) is 50.5 Å². The van der Waals surface area contributed by atoms with E-state index in [0.29, 0.717) is 17.4 Å². The highest BCUT2D eigenvalue weighted by Crippen LogP contribution is 2.31. The van der Waals surface area contributed by atoms with E-state index in [2.05, 4.69) is 18.6 Å². The smallest absolute Gasteiger partial charge is 0.208 e. The van der Waals surface area contributed by atoms with Crippen LogP contribution in [-0.4, -0.2) is 14.5 Å². The van der Waals surface area contributed by atoms with Crippen LogP contribution in [-0.2, 0) is 10.0 Å². The first-order valence-corrected chi connectivity index (χ1v) is 8.95. The highest BCUT2D eigenvalue weighted by molar-refractivity contribution is 7.89. The summed E-state index contributed by atoms with van der Waals surface area (Å²) in [6.07, 6.45) is 4.20. The second kappa shape index (κ2) is 6.59. The zero-order valence-electron chi connectivity index (χ0n) is 12.5. The van der Waals surface area contributed by atoms with Crippen molar-refractivity contribution in [3.05, 3.63) is 29.8 Å². The molecule has 1 N–H and O–H groups in total. The number of hydrogen-bond donors (Lipinski definition) is 1. The van der Waals surface area contributed by atoms with E-state index < -0.39 is 10.0 Å². The molecule has 2 atom stereocenters. The Hall–Kier alpha value is -1.38. The van der Waals surface area contributed by atoms with Crippen LogP contribution in [0.25, 0.3) is 0 Å². The molecule has 1 aliphatic carbocycles. The minimum atomic E-state index is -3.56. The molecule has 0 radical (unpaired) electrons. The number of nitriles is 1. The second-order valence-corrected chi connectivity index (χ2v) is 7.77. The summed E-state index contributed by atoms with van der Waals surface area (Å²) in [6.45, 7) is 4.29. The Morgan fingerprint density at radius 2 is 2.00 bits per heavy atom. The summed E-state index contributed by atoms with van der Waals surface area (Å²) in [5.41, 5.74) is 0.363. The van der Waals surface area contributed by atoms with Crippen LogP contribution in [0.2, 0.25) is 0 Å². The van der Waals surface area contributed by atoms with Crippen molar-refractivity contribution in [2.75, 3.05) is 0 Å². The van der Waals surface area contributed by atoms with Gasteiger partial charge in [-0.25, -0.2) is 13.1 Å². The number of hydrogen-bond acceptors (Lipinski definition) is 3. The van der Waals surface area contributed by atoms with Crippen LogP contribution in [0.5, 0.6) is 0 Å². The van der Waals surface area contributed by atoms with Gasteiger partial charge < -0.3 is 0 Å². The Balaban J connectivity index is 2.21. The lowest BCUT2D eigenvalue weighted by Gasteiger charge is -2.34. The Labute approximate surface area is 127 Å². The van der Waals surface area contributed by atoms with E-state index >= 15 is 0 Å². The molecule has 1 aromatic rings. The van der Waals surface area contributed by atoms with Gasteiger partial charge in [-0.05, 0) is 42.9 Å². The predicted molar refractivity (Wildman–Crippen MR) is 82.1 cm³/mol. The zero-order chi connectivity index (χ0) is 15.5. The molecule has 1 aliphatic rings. The summed E-state index contributed by atoms with van der Waals surface area (Å²) < 4.78 is 27.9. The Morgan fingerprint density at radius 3 is 2.67 bits per heavy atom. The molecule has 0 heterocycles. The molecular formula is C16H22N2O2S. The van der Waals surface area contributed by atoms with Gasteiger partial charge >= 0.3 is 0 Å². The molecule has 114 valence electrons. The van der Waals surface area contributed by atoms with Crippen LogP contribution in [0.15, 0.2) is 29.2 Å². The molecule has 1 aromatic carbocycles. The molecular weight excluding hydrogens is 284 g/mol. The SMILES string of the molecule is CC(C)C1CCCCC1NS(=O)(=O)c1cccc(C#N)c1. The van der Waals surface area contributed by atoms with Crippen molar-refractivity contribution in [3.63, 3.8) is 0 Å².